The number of fused-ring (bicyclic) bond motifs is 1. The van der Waals surface area contributed by atoms with Crippen molar-refractivity contribution < 1.29 is 22.7 Å². The van der Waals surface area contributed by atoms with E-state index in [-0.39, 0.29) is 17.9 Å². The number of halogens is 3. The van der Waals surface area contributed by atoms with E-state index in [1.807, 2.05) is 6.92 Å². The highest BCUT2D eigenvalue weighted by Crippen LogP contribution is 2.27. The Morgan fingerprint density at radius 3 is 2.57 bits per heavy atom. The first-order valence-corrected chi connectivity index (χ1v) is 8.06. The molecular formula is C18H14F3N3O4. The number of carbonyl (C=O) groups is 1. The van der Waals surface area contributed by atoms with Crippen molar-refractivity contribution in [3.8, 4) is 0 Å². The number of aryl methyl sites for hydroxylation is 1. The molecule has 10 heteroatoms. The van der Waals surface area contributed by atoms with Crippen LogP contribution in [0.4, 0.5) is 13.2 Å². The predicted molar refractivity (Wildman–Crippen MR) is 91.7 cm³/mol. The van der Waals surface area contributed by atoms with Gasteiger partial charge in [-0.25, -0.2) is 4.98 Å². The summed E-state index contributed by atoms with van der Waals surface area (Å²) in [6.07, 6.45) is -2.48. The summed E-state index contributed by atoms with van der Waals surface area (Å²) in [7, 11) is 0. The Morgan fingerprint density at radius 1 is 1.11 bits per heavy atom. The van der Waals surface area contributed by atoms with Crippen LogP contribution in [0.3, 0.4) is 0 Å². The van der Waals surface area contributed by atoms with Crippen molar-refractivity contribution in [1.82, 2.24) is 14.0 Å². The van der Waals surface area contributed by atoms with Gasteiger partial charge in [-0.3, -0.25) is 18.8 Å². The highest BCUT2D eigenvalue weighted by atomic mass is 19.4. The van der Waals surface area contributed by atoms with Crippen molar-refractivity contribution in [1.29, 1.82) is 0 Å². The van der Waals surface area contributed by atoms with E-state index in [1.165, 1.54) is 10.5 Å². The number of esters is 1. The van der Waals surface area contributed by atoms with Gasteiger partial charge in [-0.1, -0.05) is 6.07 Å². The summed E-state index contributed by atoms with van der Waals surface area (Å²) in [6, 6.07) is 5.94. The van der Waals surface area contributed by atoms with Crippen LogP contribution in [-0.4, -0.2) is 19.9 Å². The van der Waals surface area contributed by atoms with Crippen molar-refractivity contribution in [3.63, 3.8) is 0 Å². The third-order valence-corrected chi connectivity index (χ3v) is 3.85. The summed E-state index contributed by atoms with van der Waals surface area (Å²) >= 11 is 0. The molecule has 146 valence electrons. The van der Waals surface area contributed by atoms with E-state index in [9.17, 15) is 27.6 Å². The largest absolute Gasteiger partial charge is 0.458 e. The number of rotatable bonds is 4. The minimum absolute atomic E-state index is 0.179. The van der Waals surface area contributed by atoms with Crippen LogP contribution >= 0.6 is 0 Å². The number of pyridine rings is 2. The number of hydrogen-bond donors (Lipinski definition) is 0. The normalized spacial score (nSPS) is 11.6. The first-order valence-electron chi connectivity index (χ1n) is 8.06. The Labute approximate surface area is 155 Å². The number of carbonyl (C=O) groups excluding carboxylic acids is 1. The fraction of sp³-hybridized carbons (Fsp3) is 0.222. The second-order valence-electron chi connectivity index (χ2n) is 6.06. The standard InChI is InChI=1S/C18H14F3N3O4/c1-11-2-4-14-22-13(6-16(26)24(14)7-11)10-28-17(27)9-23-8-12(18(19,20)21)3-5-15(23)25/h2-8H,9-10H2,1H3. The first-order chi connectivity index (χ1) is 13.1. The van der Waals surface area contributed by atoms with Gasteiger partial charge in [-0.05, 0) is 24.6 Å². The van der Waals surface area contributed by atoms with Crippen molar-refractivity contribution in [2.75, 3.05) is 0 Å². The molecule has 0 bridgehead atoms. The van der Waals surface area contributed by atoms with Crippen LogP contribution in [0.25, 0.3) is 5.65 Å². The quantitative estimate of drug-likeness (QED) is 0.633. The first kappa shape index (κ1) is 19.3. The molecular weight excluding hydrogens is 379 g/mol. The third-order valence-electron chi connectivity index (χ3n) is 3.85. The van der Waals surface area contributed by atoms with E-state index in [1.54, 1.807) is 18.3 Å². The highest BCUT2D eigenvalue weighted by Gasteiger charge is 2.31. The lowest BCUT2D eigenvalue weighted by Crippen LogP contribution is -2.26. The zero-order chi connectivity index (χ0) is 20.5. The fourth-order valence-electron chi connectivity index (χ4n) is 2.49. The summed E-state index contributed by atoms with van der Waals surface area (Å²) in [4.78, 5) is 39.9. The van der Waals surface area contributed by atoms with Crippen molar-refractivity contribution >= 4 is 11.6 Å². The molecule has 3 heterocycles. The van der Waals surface area contributed by atoms with Gasteiger partial charge in [0, 0.05) is 24.5 Å². The molecule has 28 heavy (non-hydrogen) atoms. The maximum Gasteiger partial charge on any atom is 0.417 e. The maximum absolute atomic E-state index is 12.7. The number of hydrogen-bond acceptors (Lipinski definition) is 5. The molecule has 0 fully saturated rings. The van der Waals surface area contributed by atoms with E-state index in [4.69, 9.17) is 4.74 Å². The summed E-state index contributed by atoms with van der Waals surface area (Å²) in [5.74, 6) is -0.938. The maximum atomic E-state index is 12.7. The van der Waals surface area contributed by atoms with Gasteiger partial charge in [0.15, 0.2) is 0 Å². The molecule has 7 nitrogen and oxygen atoms in total. The molecule has 3 aromatic rings. The Balaban J connectivity index is 1.73. The van der Waals surface area contributed by atoms with Gasteiger partial charge in [0.1, 0.15) is 18.8 Å². The zero-order valence-corrected chi connectivity index (χ0v) is 14.6. The summed E-state index contributed by atoms with van der Waals surface area (Å²) in [5, 5.41) is 0. The molecule has 0 aliphatic carbocycles. The molecule has 0 radical (unpaired) electrons. The van der Waals surface area contributed by atoms with Gasteiger partial charge in [0.25, 0.3) is 11.1 Å². The molecule has 0 saturated heterocycles. The SMILES string of the molecule is Cc1ccc2nc(COC(=O)Cn3cc(C(F)(F)F)ccc3=O)cc(=O)n2c1. The number of aromatic nitrogens is 3. The van der Waals surface area contributed by atoms with Crippen LogP contribution in [0.2, 0.25) is 0 Å². The molecule has 0 atom stereocenters. The molecule has 0 saturated carbocycles. The van der Waals surface area contributed by atoms with Gasteiger partial charge < -0.3 is 9.30 Å². The van der Waals surface area contributed by atoms with Gasteiger partial charge in [0.2, 0.25) is 0 Å². The predicted octanol–water partition coefficient (Wildman–Crippen LogP) is 1.93. The molecule has 0 unspecified atom stereocenters. The van der Waals surface area contributed by atoms with Crippen LogP contribution in [0.15, 0.2) is 52.3 Å². The van der Waals surface area contributed by atoms with E-state index in [0.29, 0.717) is 22.5 Å². The molecule has 3 rings (SSSR count). The lowest BCUT2D eigenvalue weighted by atomic mass is 10.3. The molecule has 0 aliphatic rings. The average Bonchev–Trinajstić information content (AvgIpc) is 2.61. The molecule has 0 N–H and O–H groups in total. The molecule has 0 spiro atoms. The number of nitrogens with zero attached hydrogens (tertiary/aromatic N) is 3. The minimum atomic E-state index is -4.64. The monoisotopic (exact) mass is 393 g/mol. The van der Waals surface area contributed by atoms with Crippen LogP contribution in [-0.2, 0) is 28.9 Å². The van der Waals surface area contributed by atoms with Crippen molar-refractivity contribution in [3.05, 3.63) is 80.3 Å². The lowest BCUT2D eigenvalue weighted by Gasteiger charge is -2.10. The third kappa shape index (κ3) is 4.27. The van der Waals surface area contributed by atoms with Crippen LogP contribution in [0.5, 0.6) is 0 Å². The molecule has 3 aromatic heterocycles. The van der Waals surface area contributed by atoms with E-state index in [0.717, 1.165) is 11.6 Å². The molecule has 0 aliphatic heterocycles. The minimum Gasteiger partial charge on any atom is -0.458 e. The highest BCUT2D eigenvalue weighted by molar-refractivity contribution is 5.69. The smallest absolute Gasteiger partial charge is 0.417 e. The summed E-state index contributed by atoms with van der Waals surface area (Å²) in [6.45, 7) is 0.762. The Bertz CT molecular complexity index is 1170. The molecule has 0 aromatic carbocycles. The van der Waals surface area contributed by atoms with E-state index >= 15 is 0 Å². The van der Waals surface area contributed by atoms with Crippen molar-refractivity contribution in [2.45, 2.75) is 26.3 Å². The fourth-order valence-corrected chi connectivity index (χ4v) is 2.49. The van der Waals surface area contributed by atoms with Crippen LogP contribution in [0.1, 0.15) is 16.8 Å². The van der Waals surface area contributed by atoms with Crippen LogP contribution < -0.4 is 11.1 Å². The summed E-state index contributed by atoms with van der Waals surface area (Å²) < 4.78 is 45.1. The zero-order valence-electron chi connectivity index (χ0n) is 14.6. The Kier molecular flexibility index (Phi) is 5.04. The average molecular weight is 393 g/mol. The van der Waals surface area contributed by atoms with Gasteiger partial charge >= 0.3 is 12.1 Å². The van der Waals surface area contributed by atoms with Crippen molar-refractivity contribution in [2.24, 2.45) is 0 Å². The second kappa shape index (κ2) is 7.29. The number of ether oxygens (including phenoxy) is 1. The summed E-state index contributed by atoms with van der Waals surface area (Å²) in [5.41, 5.74) is -0.797. The number of alkyl halides is 3. The van der Waals surface area contributed by atoms with E-state index in [2.05, 4.69) is 4.98 Å². The van der Waals surface area contributed by atoms with Crippen LogP contribution in [0, 0.1) is 6.92 Å². The van der Waals surface area contributed by atoms with Gasteiger partial charge in [-0.15, -0.1) is 0 Å². The van der Waals surface area contributed by atoms with Gasteiger partial charge in [-0.2, -0.15) is 13.2 Å². The van der Waals surface area contributed by atoms with Gasteiger partial charge in [0.05, 0.1) is 11.3 Å². The second-order valence-corrected chi connectivity index (χ2v) is 6.06. The van der Waals surface area contributed by atoms with E-state index < -0.39 is 29.8 Å². The Hall–Kier alpha value is -3.43. The Morgan fingerprint density at radius 2 is 1.86 bits per heavy atom. The topological polar surface area (TPSA) is 82.7 Å². The molecule has 0 amide bonds. The lowest BCUT2D eigenvalue weighted by molar-refractivity contribution is -0.146.